The average molecular weight is 519 g/mol. The highest BCUT2D eigenvalue weighted by Crippen LogP contribution is 2.63. The first-order valence-electron chi connectivity index (χ1n) is 13.0. The summed E-state index contributed by atoms with van der Waals surface area (Å²) in [5.74, 6) is -2.91. The Morgan fingerprint density at radius 1 is 0.974 bits per heavy atom. The van der Waals surface area contributed by atoms with Crippen LogP contribution in [0.15, 0.2) is 47.6 Å². The van der Waals surface area contributed by atoms with Gasteiger partial charge in [0.1, 0.15) is 12.1 Å². The van der Waals surface area contributed by atoms with Gasteiger partial charge in [-0.2, -0.15) is 5.10 Å². The lowest BCUT2D eigenvalue weighted by molar-refractivity contribution is -0.273. The molecule has 9 nitrogen and oxygen atoms in total. The van der Waals surface area contributed by atoms with Crippen molar-refractivity contribution < 1.29 is 33.3 Å². The quantitative estimate of drug-likeness (QED) is 0.444. The van der Waals surface area contributed by atoms with Crippen molar-refractivity contribution in [1.29, 1.82) is 0 Å². The predicted octanol–water partition coefficient (Wildman–Crippen LogP) is 3.90. The van der Waals surface area contributed by atoms with Crippen molar-refractivity contribution in [3.63, 3.8) is 0 Å². The number of hydrogen-bond donors (Lipinski definition) is 0. The molecule has 0 bridgehead atoms. The third-order valence-corrected chi connectivity index (χ3v) is 8.44. The van der Waals surface area contributed by atoms with Gasteiger partial charge in [0.15, 0.2) is 17.3 Å². The molecule has 1 saturated carbocycles. The Bertz CT molecular complexity index is 1330. The number of carbonyl (C=O) groups excluding carboxylic acids is 3. The molecule has 198 valence electrons. The maximum Gasteiger partial charge on any atom is 0.330 e. The van der Waals surface area contributed by atoms with Gasteiger partial charge in [-0.05, 0) is 48.6 Å². The minimum Gasteiger partial charge on any atom is -0.493 e. The van der Waals surface area contributed by atoms with Crippen molar-refractivity contribution in [1.82, 2.24) is 5.01 Å². The van der Waals surface area contributed by atoms with E-state index in [9.17, 15) is 14.4 Å². The number of rotatable bonds is 4. The molecule has 0 amide bonds. The summed E-state index contributed by atoms with van der Waals surface area (Å²) in [5.41, 5.74) is 0.164. The number of ketones is 1. The van der Waals surface area contributed by atoms with Gasteiger partial charge in [0.25, 0.3) is 5.79 Å². The Hall–Kier alpha value is -3.88. The molecule has 3 fully saturated rings. The van der Waals surface area contributed by atoms with Gasteiger partial charge in [-0.25, -0.2) is 0 Å². The zero-order valence-corrected chi connectivity index (χ0v) is 21.6. The lowest BCUT2D eigenvalue weighted by atomic mass is 9.65. The molecular weight excluding hydrogens is 488 g/mol. The molecule has 1 aliphatic carbocycles. The molecule has 2 aromatic rings. The van der Waals surface area contributed by atoms with Gasteiger partial charge in [0.2, 0.25) is 5.41 Å². The van der Waals surface area contributed by atoms with E-state index in [2.05, 4.69) is 5.10 Å². The van der Waals surface area contributed by atoms with Gasteiger partial charge in [-0.1, -0.05) is 36.8 Å². The molecule has 2 aromatic carbocycles. The Labute approximate surface area is 220 Å². The first-order chi connectivity index (χ1) is 18.4. The normalized spacial score (nSPS) is 26.4. The summed E-state index contributed by atoms with van der Waals surface area (Å²) >= 11 is 0. The fourth-order valence-corrected chi connectivity index (χ4v) is 6.77. The van der Waals surface area contributed by atoms with Crippen LogP contribution in [-0.2, 0) is 23.9 Å². The SMILES string of the molecule is COc1ccc([C@H]2[C@H](C(C)=O)N3N=Cc4ccccc4[C@@H]3C23C(=O)OC2(CCCCC2)OC3=O)cc1OC. The molecule has 0 N–H and O–H groups in total. The monoisotopic (exact) mass is 518 g/mol. The van der Waals surface area contributed by atoms with Gasteiger partial charge < -0.3 is 18.9 Å². The van der Waals surface area contributed by atoms with Crippen LogP contribution in [0.25, 0.3) is 0 Å². The van der Waals surface area contributed by atoms with Gasteiger partial charge in [0.05, 0.1) is 20.4 Å². The van der Waals surface area contributed by atoms with Gasteiger partial charge >= 0.3 is 11.9 Å². The highest BCUT2D eigenvalue weighted by molar-refractivity contribution is 6.07. The van der Waals surface area contributed by atoms with E-state index in [1.165, 1.54) is 21.1 Å². The van der Waals surface area contributed by atoms with Crippen LogP contribution in [0.3, 0.4) is 0 Å². The average Bonchev–Trinajstić information content (AvgIpc) is 3.25. The van der Waals surface area contributed by atoms with Crippen LogP contribution in [0.1, 0.15) is 67.7 Å². The topological polar surface area (TPSA) is 104 Å². The van der Waals surface area contributed by atoms with E-state index in [4.69, 9.17) is 18.9 Å². The number of hydrogen-bond acceptors (Lipinski definition) is 9. The summed E-state index contributed by atoms with van der Waals surface area (Å²) in [5, 5.41) is 6.22. The Kier molecular flexibility index (Phi) is 5.70. The van der Waals surface area contributed by atoms with Gasteiger partial charge in [-0.3, -0.25) is 19.4 Å². The zero-order valence-electron chi connectivity index (χ0n) is 21.6. The molecule has 0 aromatic heterocycles. The molecule has 6 rings (SSSR count). The molecule has 2 saturated heterocycles. The molecule has 38 heavy (non-hydrogen) atoms. The largest absolute Gasteiger partial charge is 0.493 e. The summed E-state index contributed by atoms with van der Waals surface area (Å²) in [6.07, 6.45) is 5.16. The van der Waals surface area contributed by atoms with Crippen molar-refractivity contribution in [3.8, 4) is 11.5 Å². The number of Topliss-reactive ketones (excluding diaryl/α,β-unsaturated/α-hetero) is 1. The van der Waals surface area contributed by atoms with E-state index >= 15 is 0 Å². The Balaban J connectivity index is 1.60. The lowest BCUT2D eigenvalue weighted by Crippen LogP contribution is -2.60. The number of nitrogens with zero attached hydrogens (tertiary/aromatic N) is 2. The maximum atomic E-state index is 14.4. The second kappa shape index (κ2) is 8.85. The van der Waals surface area contributed by atoms with Crippen molar-refractivity contribution >= 4 is 23.9 Å². The molecule has 3 heterocycles. The number of fused-ring (bicyclic) bond motifs is 4. The van der Waals surface area contributed by atoms with Crippen molar-refractivity contribution in [2.24, 2.45) is 10.5 Å². The number of methoxy groups -OCH3 is 2. The van der Waals surface area contributed by atoms with Crippen molar-refractivity contribution in [3.05, 3.63) is 59.2 Å². The summed E-state index contributed by atoms with van der Waals surface area (Å²) in [6, 6.07) is 10.8. The van der Waals surface area contributed by atoms with E-state index in [1.807, 2.05) is 24.3 Å². The van der Waals surface area contributed by atoms with Crippen LogP contribution < -0.4 is 9.47 Å². The van der Waals surface area contributed by atoms with Crippen molar-refractivity contribution in [2.75, 3.05) is 14.2 Å². The lowest BCUT2D eigenvalue weighted by Gasteiger charge is -2.47. The number of ether oxygens (including phenoxy) is 4. The Morgan fingerprint density at radius 2 is 1.66 bits per heavy atom. The number of hydrazone groups is 1. The third-order valence-electron chi connectivity index (χ3n) is 8.44. The van der Waals surface area contributed by atoms with Gasteiger partial charge in [-0.15, -0.1) is 0 Å². The minimum atomic E-state index is -1.87. The third kappa shape index (κ3) is 3.30. The maximum absolute atomic E-state index is 14.4. The van der Waals surface area contributed by atoms with E-state index in [-0.39, 0.29) is 5.78 Å². The van der Waals surface area contributed by atoms with E-state index in [0.717, 1.165) is 24.8 Å². The second-order valence-corrected chi connectivity index (χ2v) is 10.4. The summed E-state index contributed by atoms with van der Waals surface area (Å²) in [6.45, 7) is 1.45. The summed E-state index contributed by atoms with van der Waals surface area (Å²) in [7, 11) is 3.03. The highest BCUT2D eigenvalue weighted by Gasteiger charge is 2.75. The molecule has 9 heteroatoms. The smallest absolute Gasteiger partial charge is 0.330 e. The van der Waals surface area contributed by atoms with E-state index in [1.54, 1.807) is 29.4 Å². The second-order valence-electron chi connectivity index (χ2n) is 10.4. The van der Waals surface area contributed by atoms with Crippen LogP contribution in [0.4, 0.5) is 0 Å². The molecule has 3 atom stereocenters. The van der Waals surface area contributed by atoms with Crippen LogP contribution in [0.5, 0.6) is 11.5 Å². The standard InChI is InChI=1S/C29H30N2O7/c1-17(32)24-23(18-11-12-21(35-2)22(15-18)36-3)29(25-20-10-6-5-9-19(20)16-30-31(24)25)26(33)37-28(38-27(29)34)13-7-4-8-14-28/h5-6,9-12,15-16,23-25H,4,7-8,13-14H2,1-3H3/t23-,24-,25+/m0/s1. The molecule has 0 unspecified atom stereocenters. The molecule has 4 aliphatic rings. The zero-order chi connectivity index (χ0) is 26.7. The molecule has 2 spiro atoms. The van der Waals surface area contributed by atoms with E-state index in [0.29, 0.717) is 35.5 Å². The van der Waals surface area contributed by atoms with E-state index < -0.39 is 41.1 Å². The summed E-state index contributed by atoms with van der Waals surface area (Å²) in [4.78, 5) is 42.2. The first kappa shape index (κ1) is 24.5. The van der Waals surface area contributed by atoms with Crippen LogP contribution >= 0.6 is 0 Å². The summed E-state index contributed by atoms with van der Waals surface area (Å²) < 4.78 is 23.2. The van der Waals surface area contributed by atoms with Crippen molar-refractivity contribution in [2.45, 2.75) is 62.8 Å². The molecule has 0 radical (unpaired) electrons. The molecular formula is C29H30N2O7. The minimum absolute atomic E-state index is 0.234. The van der Waals surface area contributed by atoms with Crippen LogP contribution in [0, 0.1) is 5.41 Å². The Morgan fingerprint density at radius 3 is 2.32 bits per heavy atom. The van der Waals surface area contributed by atoms with Crippen LogP contribution in [-0.4, -0.2) is 55.0 Å². The highest BCUT2D eigenvalue weighted by atomic mass is 16.7. The fraction of sp³-hybridized carbons (Fsp3) is 0.448. The number of carbonyl (C=O) groups is 3. The first-order valence-corrected chi connectivity index (χ1v) is 13.0. The van der Waals surface area contributed by atoms with Gasteiger partial charge in [0, 0.05) is 18.8 Å². The molecule has 3 aliphatic heterocycles. The number of benzene rings is 2. The predicted molar refractivity (Wildman–Crippen MR) is 136 cm³/mol. The fourth-order valence-electron chi connectivity index (χ4n) is 6.77. The van der Waals surface area contributed by atoms with Crippen LogP contribution in [0.2, 0.25) is 0 Å². The number of esters is 2.